The lowest BCUT2D eigenvalue weighted by molar-refractivity contribution is -0.140. The van der Waals surface area contributed by atoms with Crippen molar-refractivity contribution in [2.45, 2.75) is 64.0 Å². The largest absolute Gasteiger partial charge is 0.362 e. The number of hydrogen-bond donors (Lipinski definition) is 0. The van der Waals surface area contributed by atoms with Crippen LogP contribution in [-0.2, 0) is 22.6 Å². The van der Waals surface area contributed by atoms with Crippen molar-refractivity contribution in [2.75, 3.05) is 6.54 Å². The van der Waals surface area contributed by atoms with Crippen LogP contribution in [0.2, 0.25) is 0 Å². The van der Waals surface area contributed by atoms with Crippen LogP contribution in [0.5, 0.6) is 0 Å². The van der Waals surface area contributed by atoms with Gasteiger partial charge in [0.25, 0.3) is 11.8 Å². The molecule has 2 amide bonds. The van der Waals surface area contributed by atoms with Gasteiger partial charge in [-0.05, 0) is 48.1 Å². The molecule has 1 fully saturated rings. The Hall–Kier alpha value is -2.95. The van der Waals surface area contributed by atoms with Crippen LogP contribution in [0.15, 0.2) is 54.2 Å². The van der Waals surface area contributed by atoms with Crippen LogP contribution in [0.25, 0.3) is 5.57 Å². The number of amides is 2. The summed E-state index contributed by atoms with van der Waals surface area (Å²) >= 11 is 0. The molecule has 5 rings (SSSR count). The van der Waals surface area contributed by atoms with Crippen LogP contribution in [0.4, 0.5) is 4.39 Å². The number of halogens is 1. The van der Waals surface area contributed by atoms with Gasteiger partial charge in [0, 0.05) is 19.1 Å². The van der Waals surface area contributed by atoms with Crippen molar-refractivity contribution in [3.05, 3.63) is 76.7 Å². The monoisotopic (exact) mass is 432 g/mol. The number of carbonyl (C=O) groups is 2. The highest BCUT2D eigenvalue weighted by atomic mass is 19.1. The third-order valence-corrected chi connectivity index (χ3v) is 7.11. The van der Waals surface area contributed by atoms with E-state index in [9.17, 15) is 14.0 Å². The van der Waals surface area contributed by atoms with E-state index in [0.717, 1.165) is 44.9 Å². The molecule has 2 heterocycles. The van der Waals surface area contributed by atoms with E-state index in [-0.39, 0.29) is 23.7 Å². The Balaban J connectivity index is 1.54. The van der Waals surface area contributed by atoms with Crippen molar-refractivity contribution < 1.29 is 14.0 Å². The molecule has 2 aliphatic heterocycles. The normalized spacial score (nSPS) is 20.4. The molecule has 4 nitrogen and oxygen atoms in total. The molecule has 32 heavy (non-hydrogen) atoms. The van der Waals surface area contributed by atoms with Crippen LogP contribution in [0.3, 0.4) is 0 Å². The van der Waals surface area contributed by atoms with Crippen molar-refractivity contribution >= 4 is 17.4 Å². The first-order valence-corrected chi connectivity index (χ1v) is 11.8. The molecule has 0 unspecified atom stereocenters. The average Bonchev–Trinajstić information content (AvgIpc) is 3.04. The maximum absolute atomic E-state index is 13.8. The van der Waals surface area contributed by atoms with Crippen LogP contribution in [0.1, 0.15) is 61.6 Å². The van der Waals surface area contributed by atoms with Gasteiger partial charge in [0.15, 0.2) is 0 Å². The molecule has 2 aromatic carbocycles. The molecular formula is C27H29FN2O2. The Morgan fingerprint density at radius 3 is 2.16 bits per heavy atom. The maximum Gasteiger partial charge on any atom is 0.278 e. The molecule has 1 aliphatic carbocycles. The minimum atomic E-state index is -0.351. The van der Waals surface area contributed by atoms with E-state index >= 15 is 0 Å². The number of nitrogens with zero attached hydrogens (tertiary/aromatic N) is 2. The Kier molecular flexibility index (Phi) is 5.81. The van der Waals surface area contributed by atoms with Gasteiger partial charge in [-0.3, -0.25) is 14.5 Å². The molecule has 2 aromatic rings. The highest BCUT2D eigenvalue weighted by Crippen LogP contribution is 2.37. The highest BCUT2D eigenvalue weighted by molar-refractivity contribution is 6.35. The summed E-state index contributed by atoms with van der Waals surface area (Å²) in [5, 5.41) is 0. The predicted octanol–water partition coefficient (Wildman–Crippen LogP) is 5.08. The van der Waals surface area contributed by atoms with E-state index < -0.39 is 0 Å². The average molecular weight is 433 g/mol. The zero-order valence-electron chi connectivity index (χ0n) is 18.4. The van der Waals surface area contributed by atoms with Crippen molar-refractivity contribution in [3.8, 4) is 0 Å². The molecule has 166 valence electrons. The summed E-state index contributed by atoms with van der Waals surface area (Å²) in [4.78, 5) is 31.1. The third kappa shape index (κ3) is 3.85. The van der Waals surface area contributed by atoms with Gasteiger partial charge in [-0.1, -0.05) is 68.5 Å². The quantitative estimate of drug-likeness (QED) is 0.636. The van der Waals surface area contributed by atoms with Gasteiger partial charge in [-0.25, -0.2) is 4.39 Å². The van der Waals surface area contributed by atoms with E-state index in [1.54, 1.807) is 12.1 Å². The van der Waals surface area contributed by atoms with E-state index in [1.807, 2.05) is 12.1 Å². The van der Waals surface area contributed by atoms with Gasteiger partial charge in [0.2, 0.25) is 0 Å². The molecule has 0 saturated heterocycles. The van der Waals surface area contributed by atoms with Gasteiger partial charge in [-0.15, -0.1) is 0 Å². The lowest BCUT2D eigenvalue weighted by Crippen LogP contribution is -2.43. The Morgan fingerprint density at radius 2 is 1.44 bits per heavy atom. The molecular weight excluding hydrogens is 403 g/mol. The minimum Gasteiger partial charge on any atom is -0.362 e. The molecule has 0 bridgehead atoms. The SMILES string of the molecule is O=C1C(c2ccc(F)cc2)=C(N2CCc3ccccc3C2)C(=O)N1C1CCCCCCC1. The van der Waals surface area contributed by atoms with Crippen LogP contribution >= 0.6 is 0 Å². The number of rotatable bonds is 3. The van der Waals surface area contributed by atoms with Gasteiger partial charge in [-0.2, -0.15) is 0 Å². The Morgan fingerprint density at radius 1 is 0.781 bits per heavy atom. The summed E-state index contributed by atoms with van der Waals surface area (Å²) in [6.07, 6.45) is 8.18. The second kappa shape index (κ2) is 8.89. The second-order valence-corrected chi connectivity index (χ2v) is 9.15. The summed E-state index contributed by atoms with van der Waals surface area (Å²) in [5.74, 6) is -0.753. The molecule has 3 aliphatic rings. The topological polar surface area (TPSA) is 40.6 Å². The molecule has 0 atom stereocenters. The van der Waals surface area contributed by atoms with Gasteiger partial charge in [0.05, 0.1) is 5.57 Å². The van der Waals surface area contributed by atoms with Crippen molar-refractivity contribution in [1.82, 2.24) is 9.80 Å². The Labute approximate surface area is 188 Å². The lowest BCUT2D eigenvalue weighted by atomic mass is 9.95. The number of carbonyl (C=O) groups excluding carboxylic acids is 2. The first kappa shape index (κ1) is 20.9. The minimum absolute atomic E-state index is 0.0553. The van der Waals surface area contributed by atoms with Gasteiger partial charge in [0.1, 0.15) is 11.5 Å². The molecule has 0 radical (unpaired) electrons. The van der Waals surface area contributed by atoms with Gasteiger partial charge >= 0.3 is 0 Å². The fourth-order valence-corrected chi connectivity index (χ4v) is 5.42. The zero-order chi connectivity index (χ0) is 22.1. The number of benzene rings is 2. The van der Waals surface area contributed by atoms with Crippen LogP contribution in [-0.4, -0.2) is 34.2 Å². The highest BCUT2D eigenvalue weighted by Gasteiger charge is 2.45. The lowest BCUT2D eigenvalue weighted by Gasteiger charge is -2.33. The summed E-state index contributed by atoms with van der Waals surface area (Å²) in [6, 6.07) is 14.2. The third-order valence-electron chi connectivity index (χ3n) is 7.11. The van der Waals surface area contributed by atoms with Gasteiger partial charge < -0.3 is 4.90 Å². The molecule has 5 heteroatoms. The standard InChI is InChI=1S/C27H29FN2O2/c28-22-14-12-20(13-15-22)24-25(29-17-16-19-8-6-7-9-21(19)18-29)27(32)30(26(24)31)23-10-4-2-1-3-5-11-23/h6-9,12-15,23H,1-5,10-11,16-18H2. The van der Waals surface area contributed by atoms with Crippen molar-refractivity contribution in [3.63, 3.8) is 0 Å². The fourth-order valence-electron chi connectivity index (χ4n) is 5.42. The number of imide groups is 1. The van der Waals surface area contributed by atoms with Crippen LogP contribution in [0, 0.1) is 5.82 Å². The van der Waals surface area contributed by atoms with E-state index in [4.69, 9.17) is 0 Å². The fraction of sp³-hybridized carbons (Fsp3) is 0.407. The molecule has 0 N–H and O–H groups in total. The van der Waals surface area contributed by atoms with E-state index in [1.165, 1.54) is 34.6 Å². The second-order valence-electron chi connectivity index (χ2n) is 9.15. The van der Waals surface area contributed by atoms with Crippen LogP contribution < -0.4 is 0 Å². The number of hydrogen-bond acceptors (Lipinski definition) is 3. The van der Waals surface area contributed by atoms with Crippen molar-refractivity contribution in [1.29, 1.82) is 0 Å². The molecule has 0 aromatic heterocycles. The summed E-state index contributed by atoms with van der Waals surface area (Å²) in [6.45, 7) is 1.29. The smallest absolute Gasteiger partial charge is 0.278 e. The van der Waals surface area contributed by atoms with E-state index in [0.29, 0.717) is 29.9 Å². The zero-order valence-corrected chi connectivity index (χ0v) is 18.4. The summed E-state index contributed by atoms with van der Waals surface area (Å²) in [5.41, 5.74) is 4.01. The molecule has 1 saturated carbocycles. The Bertz CT molecular complexity index is 1050. The predicted molar refractivity (Wildman–Crippen MR) is 122 cm³/mol. The summed E-state index contributed by atoms with van der Waals surface area (Å²) < 4.78 is 13.6. The maximum atomic E-state index is 13.8. The first-order valence-electron chi connectivity index (χ1n) is 11.8. The van der Waals surface area contributed by atoms with Crippen molar-refractivity contribution in [2.24, 2.45) is 0 Å². The first-order chi connectivity index (χ1) is 15.6. The van der Waals surface area contributed by atoms with E-state index in [2.05, 4.69) is 17.0 Å². The molecule has 0 spiro atoms. The number of fused-ring (bicyclic) bond motifs is 1. The summed E-state index contributed by atoms with van der Waals surface area (Å²) in [7, 11) is 0.